The number of likely N-dealkylation sites (N-methyl/N-ethyl adjacent to an activating group) is 1. The highest BCUT2D eigenvalue weighted by Crippen LogP contribution is 2.20. The number of nitrogens with one attached hydrogen (secondary N) is 1. The summed E-state index contributed by atoms with van der Waals surface area (Å²) in [6.07, 6.45) is 3.76. The molecular weight excluding hydrogens is 293 g/mol. The van der Waals surface area contributed by atoms with Gasteiger partial charge in [-0.2, -0.15) is 0 Å². The minimum atomic E-state index is -0.259. The van der Waals surface area contributed by atoms with Crippen molar-refractivity contribution < 1.29 is 4.39 Å². The maximum atomic E-state index is 13.4. The molecular formula is C17H24FN5. The van der Waals surface area contributed by atoms with Crippen LogP contribution in [-0.4, -0.2) is 66.1 Å². The van der Waals surface area contributed by atoms with Gasteiger partial charge in [0.25, 0.3) is 0 Å². The van der Waals surface area contributed by atoms with Crippen molar-refractivity contribution in [2.75, 3.05) is 51.6 Å². The molecule has 1 aromatic carbocycles. The number of nitrogens with zero attached hydrogens (tertiary/aromatic N) is 4. The summed E-state index contributed by atoms with van der Waals surface area (Å²) in [5.41, 5.74) is 0.765. The Labute approximate surface area is 136 Å². The fourth-order valence-corrected chi connectivity index (χ4v) is 2.91. The van der Waals surface area contributed by atoms with Crippen LogP contribution >= 0.6 is 0 Å². The molecule has 1 aliphatic rings. The van der Waals surface area contributed by atoms with Crippen molar-refractivity contribution in [3.05, 3.63) is 30.3 Å². The predicted octanol–water partition coefficient (Wildman–Crippen LogP) is 2.21. The van der Waals surface area contributed by atoms with Gasteiger partial charge in [0.1, 0.15) is 18.0 Å². The predicted molar refractivity (Wildman–Crippen MR) is 91.2 cm³/mol. The average molecular weight is 317 g/mol. The van der Waals surface area contributed by atoms with Crippen molar-refractivity contribution >= 4 is 16.7 Å². The molecule has 1 N–H and O–H groups in total. The molecule has 23 heavy (non-hydrogen) atoms. The molecule has 2 heterocycles. The third-order valence-corrected chi connectivity index (χ3v) is 4.39. The van der Waals surface area contributed by atoms with Gasteiger partial charge in [0, 0.05) is 38.1 Å². The summed E-state index contributed by atoms with van der Waals surface area (Å²) in [4.78, 5) is 13.3. The summed E-state index contributed by atoms with van der Waals surface area (Å²) in [6, 6.07) is 4.60. The van der Waals surface area contributed by atoms with E-state index in [2.05, 4.69) is 32.1 Å². The second-order valence-electron chi connectivity index (χ2n) is 6.16. The lowest BCUT2D eigenvalue weighted by Crippen LogP contribution is -2.44. The molecule has 5 nitrogen and oxygen atoms in total. The Hall–Kier alpha value is -1.79. The van der Waals surface area contributed by atoms with Gasteiger partial charge in [-0.25, -0.2) is 14.4 Å². The van der Waals surface area contributed by atoms with Crippen LogP contribution in [0, 0.1) is 5.82 Å². The van der Waals surface area contributed by atoms with Crippen molar-refractivity contribution in [3.63, 3.8) is 0 Å². The lowest BCUT2D eigenvalue weighted by molar-refractivity contribution is 0.152. The van der Waals surface area contributed by atoms with E-state index >= 15 is 0 Å². The Kier molecular flexibility index (Phi) is 5.35. The molecule has 0 bridgehead atoms. The molecule has 124 valence electrons. The highest BCUT2D eigenvalue weighted by atomic mass is 19.1. The number of fused-ring (bicyclic) bond motifs is 1. The molecule has 3 rings (SSSR count). The largest absolute Gasteiger partial charge is 0.369 e. The molecule has 1 saturated heterocycles. The van der Waals surface area contributed by atoms with E-state index in [0.29, 0.717) is 5.82 Å². The van der Waals surface area contributed by atoms with Crippen LogP contribution in [0.2, 0.25) is 0 Å². The van der Waals surface area contributed by atoms with Gasteiger partial charge in [-0.15, -0.1) is 0 Å². The van der Waals surface area contributed by atoms with E-state index < -0.39 is 0 Å². The van der Waals surface area contributed by atoms with Crippen LogP contribution in [0.15, 0.2) is 24.5 Å². The number of piperazine rings is 1. The Balaban J connectivity index is 1.45. The molecule has 2 aromatic rings. The van der Waals surface area contributed by atoms with E-state index in [1.54, 1.807) is 6.07 Å². The van der Waals surface area contributed by atoms with E-state index in [9.17, 15) is 4.39 Å². The summed E-state index contributed by atoms with van der Waals surface area (Å²) >= 11 is 0. The summed E-state index contributed by atoms with van der Waals surface area (Å²) < 4.78 is 13.4. The van der Waals surface area contributed by atoms with Gasteiger partial charge in [0.2, 0.25) is 0 Å². The van der Waals surface area contributed by atoms with Crippen molar-refractivity contribution in [2.24, 2.45) is 0 Å². The van der Waals surface area contributed by atoms with E-state index in [0.717, 1.165) is 49.9 Å². The number of aromatic nitrogens is 2. The van der Waals surface area contributed by atoms with E-state index in [4.69, 9.17) is 0 Å². The standard InChI is InChI=1S/C17H24FN5/c1-22-8-10-23(11-9-22)7-3-2-6-19-17-15-12-14(18)4-5-16(15)20-13-21-17/h4-5,12-13H,2-3,6-11H2,1H3,(H,19,20,21). The third-order valence-electron chi connectivity index (χ3n) is 4.39. The Morgan fingerprint density at radius 1 is 1.13 bits per heavy atom. The first-order chi connectivity index (χ1) is 11.2. The molecule has 1 aromatic heterocycles. The summed E-state index contributed by atoms with van der Waals surface area (Å²) in [5.74, 6) is 0.458. The van der Waals surface area contributed by atoms with Gasteiger partial charge in [0.15, 0.2) is 0 Å². The maximum Gasteiger partial charge on any atom is 0.137 e. The maximum absolute atomic E-state index is 13.4. The van der Waals surface area contributed by atoms with E-state index in [1.807, 2.05) is 0 Å². The van der Waals surface area contributed by atoms with Gasteiger partial charge in [-0.1, -0.05) is 0 Å². The molecule has 0 atom stereocenters. The third kappa shape index (κ3) is 4.36. The number of rotatable bonds is 6. The summed E-state index contributed by atoms with van der Waals surface area (Å²) in [6.45, 7) is 6.65. The minimum Gasteiger partial charge on any atom is -0.369 e. The van der Waals surface area contributed by atoms with Gasteiger partial charge in [0.05, 0.1) is 5.52 Å². The second-order valence-corrected chi connectivity index (χ2v) is 6.16. The molecule has 0 amide bonds. The van der Waals surface area contributed by atoms with Crippen LogP contribution in [0.4, 0.5) is 10.2 Å². The number of unbranched alkanes of at least 4 members (excludes halogenated alkanes) is 1. The first-order valence-corrected chi connectivity index (χ1v) is 8.27. The van der Waals surface area contributed by atoms with Gasteiger partial charge in [-0.3, -0.25) is 0 Å². The Morgan fingerprint density at radius 3 is 2.78 bits per heavy atom. The van der Waals surface area contributed by atoms with Crippen LogP contribution in [0.3, 0.4) is 0 Å². The monoisotopic (exact) mass is 317 g/mol. The average Bonchev–Trinajstić information content (AvgIpc) is 2.56. The highest BCUT2D eigenvalue weighted by molar-refractivity contribution is 5.88. The molecule has 1 aliphatic heterocycles. The first-order valence-electron chi connectivity index (χ1n) is 8.27. The SMILES string of the molecule is CN1CCN(CCCCNc2ncnc3ccc(F)cc23)CC1. The summed E-state index contributed by atoms with van der Waals surface area (Å²) in [7, 11) is 2.18. The molecule has 0 unspecified atom stereocenters. The topological polar surface area (TPSA) is 44.3 Å². The quantitative estimate of drug-likeness (QED) is 0.828. The van der Waals surface area contributed by atoms with Crippen molar-refractivity contribution in [1.29, 1.82) is 0 Å². The summed E-state index contributed by atoms with van der Waals surface area (Å²) in [5, 5.41) is 4.06. The normalized spacial score (nSPS) is 16.8. The second kappa shape index (κ2) is 7.66. The number of hydrogen-bond donors (Lipinski definition) is 1. The number of hydrogen-bond acceptors (Lipinski definition) is 5. The molecule has 0 aliphatic carbocycles. The van der Waals surface area contributed by atoms with Gasteiger partial charge >= 0.3 is 0 Å². The molecule has 0 spiro atoms. The van der Waals surface area contributed by atoms with Gasteiger partial charge < -0.3 is 15.1 Å². The molecule has 0 saturated carbocycles. The lowest BCUT2D eigenvalue weighted by atomic mass is 10.2. The van der Waals surface area contributed by atoms with Crippen molar-refractivity contribution in [3.8, 4) is 0 Å². The Bertz CT molecular complexity index is 640. The molecule has 0 radical (unpaired) electrons. The van der Waals surface area contributed by atoms with Crippen LogP contribution in [0.1, 0.15) is 12.8 Å². The van der Waals surface area contributed by atoms with Gasteiger partial charge in [-0.05, 0) is 44.6 Å². The first kappa shape index (κ1) is 16.1. The number of halogens is 1. The van der Waals surface area contributed by atoms with E-state index in [-0.39, 0.29) is 5.82 Å². The minimum absolute atomic E-state index is 0.259. The fourth-order valence-electron chi connectivity index (χ4n) is 2.91. The zero-order valence-corrected chi connectivity index (χ0v) is 13.6. The number of anilines is 1. The highest BCUT2D eigenvalue weighted by Gasteiger charge is 2.12. The van der Waals surface area contributed by atoms with Crippen molar-refractivity contribution in [2.45, 2.75) is 12.8 Å². The molecule has 6 heteroatoms. The zero-order valence-electron chi connectivity index (χ0n) is 13.6. The van der Waals surface area contributed by atoms with E-state index in [1.165, 1.54) is 31.5 Å². The van der Waals surface area contributed by atoms with Crippen LogP contribution in [0.5, 0.6) is 0 Å². The lowest BCUT2D eigenvalue weighted by Gasteiger charge is -2.32. The van der Waals surface area contributed by atoms with Crippen molar-refractivity contribution in [1.82, 2.24) is 19.8 Å². The fraction of sp³-hybridized carbons (Fsp3) is 0.529. The van der Waals surface area contributed by atoms with Crippen LogP contribution in [0.25, 0.3) is 10.9 Å². The van der Waals surface area contributed by atoms with Crippen LogP contribution < -0.4 is 5.32 Å². The van der Waals surface area contributed by atoms with Crippen LogP contribution in [-0.2, 0) is 0 Å². The Morgan fingerprint density at radius 2 is 1.96 bits per heavy atom. The molecule has 1 fully saturated rings. The zero-order chi connectivity index (χ0) is 16.1. The smallest absolute Gasteiger partial charge is 0.137 e. The number of benzene rings is 1.